The molecule has 3 aromatic rings. The fraction of sp³-hybridized carbons (Fsp3) is 0.286. The summed E-state index contributed by atoms with van der Waals surface area (Å²) in [5, 5.41) is 12.4. The Labute approximate surface area is 220 Å². The van der Waals surface area contributed by atoms with Crippen molar-refractivity contribution in [1.29, 1.82) is 0 Å². The van der Waals surface area contributed by atoms with Gasteiger partial charge in [-0.15, -0.1) is 0 Å². The SMILES string of the molecule is CN(COC[n+]1cccc(C(=O)Nc2cccc(C(=O)O)c2)c1)C1(c2ccccc2Cl)CCCCC1=O. The summed E-state index contributed by atoms with van der Waals surface area (Å²) in [6.07, 6.45) is 6.37. The van der Waals surface area contributed by atoms with Gasteiger partial charge in [-0.05, 0) is 55.8 Å². The van der Waals surface area contributed by atoms with Crippen LogP contribution >= 0.6 is 11.6 Å². The van der Waals surface area contributed by atoms with Crippen molar-refractivity contribution in [3.05, 3.63) is 94.8 Å². The molecule has 0 bridgehead atoms. The maximum atomic E-state index is 13.2. The molecule has 1 aliphatic rings. The van der Waals surface area contributed by atoms with Crippen LogP contribution in [0.2, 0.25) is 5.02 Å². The van der Waals surface area contributed by atoms with E-state index in [0.29, 0.717) is 29.1 Å². The first-order chi connectivity index (χ1) is 17.8. The molecule has 2 N–H and O–H groups in total. The van der Waals surface area contributed by atoms with E-state index >= 15 is 0 Å². The third-order valence-electron chi connectivity index (χ3n) is 6.64. The van der Waals surface area contributed by atoms with Gasteiger partial charge in [-0.2, -0.15) is 4.57 Å². The standard InChI is InChI=1S/C28H28ClN3O5/c1-31(28(14-5-4-13-25(28)33)23-11-2-3-12-24(23)29)18-37-19-32-15-7-9-21(17-32)26(34)30-22-10-6-8-20(16-22)27(35)36/h2-3,6-12,15-17H,4-5,13-14,18-19H2,1H3,(H-,30,34,35,36)/p+1. The molecule has 1 fully saturated rings. The molecule has 0 radical (unpaired) electrons. The van der Waals surface area contributed by atoms with Crippen LogP contribution in [-0.4, -0.2) is 41.4 Å². The molecular weight excluding hydrogens is 494 g/mol. The number of carbonyl (C=O) groups is 3. The Balaban J connectivity index is 1.42. The monoisotopic (exact) mass is 522 g/mol. The van der Waals surface area contributed by atoms with Gasteiger partial charge in [0.15, 0.2) is 18.2 Å². The number of carbonyl (C=O) groups excluding carboxylic acids is 2. The fourth-order valence-electron chi connectivity index (χ4n) is 4.77. The van der Waals surface area contributed by atoms with Crippen molar-refractivity contribution in [2.24, 2.45) is 0 Å². The van der Waals surface area contributed by atoms with Gasteiger partial charge in [0.2, 0.25) is 0 Å². The summed E-state index contributed by atoms with van der Waals surface area (Å²) in [6, 6.07) is 16.9. The van der Waals surface area contributed by atoms with Gasteiger partial charge >= 0.3 is 5.97 Å². The number of rotatable bonds is 9. The third-order valence-corrected chi connectivity index (χ3v) is 6.97. The van der Waals surface area contributed by atoms with E-state index in [1.54, 1.807) is 47.3 Å². The summed E-state index contributed by atoms with van der Waals surface area (Å²) in [5.74, 6) is -1.31. The molecule has 0 spiro atoms. The van der Waals surface area contributed by atoms with Crippen molar-refractivity contribution in [2.75, 3.05) is 19.1 Å². The Morgan fingerprint density at radius 2 is 1.89 bits per heavy atom. The highest BCUT2D eigenvalue weighted by atomic mass is 35.5. The van der Waals surface area contributed by atoms with Crippen LogP contribution in [0.25, 0.3) is 0 Å². The van der Waals surface area contributed by atoms with E-state index in [1.807, 2.05) is 30.1 Å². The lowest BCUT2D eigenvalue weighted by Crippen LogP contribution is -2.53. The summed E-state index contributed by atoms with van der Waals surface area (Å²) in [6.45, 7) is 0.342. The van der Waals surface area contributed by atoms with Crippen molar-refractivity contribution in [3.8, 4) is 0 Å². The van der Waals surface area contributed by atoms with Crippen LogP contribution in [0.3, 0.4) is 0 Å². The second kappa shape index (κ2) is 11.6. The second-order valence-electron chi connectivity index (χ2n) is 9.08. The molecular formula is C28H29ClN3O5+. The van der Waals surface area contributed by atoms with E-state index in [0.717, 1.165) is 18.4 Å². The van der Waals surface area contributed by atoms with Gasteiger partial charge in [-0.1, -0.05) is 42.3 Å². The van der Waals surface area contributed by atoms with Gasteiger partial charge in [0.1, 0.15) is 17.8 Å². The van der Waals surface area contributed by atoms with E-state index in [4.69, 9.17) is 21.4 Å². The first kappa shape index (κ1) is 26.5. The molecule has 8 nitrogen and oxygen atoms in total. The number of likely N-dealkylation sites (N-methyl/N-ethyl adjacent to an activating group) is 1. The largest absolute Gasteiger partial charge is 0.478 e. The predicted octanol–water partition coefficient (Wildman–Crippen LogP) is 4.48. The number of ether oxygens (including phenoxy) is 1. The highest BCUT2D eigenvalue weighted by Gasteiger charge is 2.46. The summed E-state index contributed by atoms with van der Waals surface area (Å²) < 4.78 is 7.68. The zero-order valence-electron chi connectivity index (χ0n) is 20.5. The molecule has 37 heavy (non-hydrogen) atoms. The quantitative estimate of drug-likeness (QED) is 0.317. The predicted molar refractivity (Wildman–Crippen MR) is 138 cm³/mol. The number of hydrogen-bond donors (Lipinski definition) is 2. The second-order valence-corrected chi connectivity index (χ2v) is 9.48. The number of aromatic carboxylic acids is 1. The van der Waals surface area contributed by atoms with Crippen LogP contribution in [-0.2, 0) is 21.8 Å². The minimum absolute atomic E-state index is 0.0875. The molecule has 1 saturated carbocycles. The molecule has 2 aromatic carbocycles. The number of nitrogens with zero attached hydrogens (tertiary/aromatic N) is 2. The summed E-state index contributed by atoms with van der Waals surface area (Å²) in [4.78, 5) is 39.1. The Morgan fingerprint density at radius 3 is 2.65 bits per heavy atom. The minimum atomic E-state index is -1.07. The fourth-order valence-corrected chi connectivity index (χ4v) is 5.06. The van der Waals surface area contributed by atoms with Crippen LogP contribution in [0.1, 0.15) is 52.0 Å². The number of aromatic nitrogens is 1. The van der Waals surface area contributed by atoms with Crippen molar-refractivity contribution in [1.82, 2.24) is 4.90 Å². The van der Waals surface area contributed by atoms with Crippen LogP contribution in [0.5, 0.6) is 0 Å². The smallest absolute Gasteiger partial charge is 0.335 e. The average molecular weight is 523 g/mol. The number of nitrogens with one attached hydrogen (secondary N) is 1. The molecule has 192 valence electrons. The molecule has 1 heterocycles. The number of halogens is 1. The number of benzene rings is 2. The Bertz CT molecular complexity index is 1310. The Kier molecular flexibility index (Phi) is 8.33. The number of pyridine rings is 1. The zero-order chi connectivity index (χ0) is 26.4. The average Bonchev–Trinajstić information content (AvgIpc) is 2.90. The lowest BCUT2D eigenvalue weighted by Gasteiger charge is -2.43. The van der Waals surface area contributed by atoms with Crippen LogP contribution in [0, 0.1) is 0 Å². The van der Waals surface area contributed by atoms with E-state index in [9.17, 15) is 14.4 Å². The van der Waals surface area contributed by atoms with Gasteiger partial charge in [0.25, 0.3) is 12.6 Å². The lowest BCUT2D eigenvalue weighted by molar-refractivity contribution is -0.733. The van der Waals surface area contributed by atoms with Crippen molar-refractivity contribution in [3.63, 3.8) is 0 Å². The molecule has 0 aliphatic heterocycles. The van der Waals surface area contributed by atoms with Crippen LogP contribution in [0.15, 0.2) is 73.1 Å². The Hall–Kier alpha value is -3.59. The summed E-state index contributed by atoms with van der Waals surface area (Å²) in [7, 11) is 1.87. The summed E-state index contributed by atoms with van der Waals surface area (Å²) >= 11 is 6.52. The molecule has 9 heteroatoms. The van der Waals surface area contributed by atoms with Crippen molar-refractivity contribution in [2.45, 2.75) is 38.0 Å². The van der Waals surface area contributed by atoms with Crippen molar-refractivity contribution >= 4 is 34.9 Å². The molecule has 0 saturated heterocycles. The zero-order valence-corrected chi connectivity index (χ0v) is 21.3. The number of anilines is 1. The molecule has 1 aliphatic carbocycles. The molecule has 1 atom stereocenters. The van der Waals surface area contributed by atoms with E-state index in [2.05, 4.69) is 5.32 Å². The lowest BCUT2D eigenvalue weighted by atomic mass is 9.74. The van der Waals surface area contributed by atoms with Gasteiger partial charge < -0.3 is 15.2 Å². The van der Waals surface area contributed by atoms with Gasteiger partial charge in [0.05, 0.1) is 5.56 Å². The van der Waals surface area contributed by atoms with Gasteiger partial charge in [-0.3, -0.25) is 14.5 Å². The number of carboxylic acids is 1. The normalized spacial score (nSPS) is 17.5. The number of Topliss-reactive ketones (excluding diaryl/α,β-unsaturated/α-hetero) is 1. The maximum Gasteiger partial charge on any atom is 0.335 e. The topological polar surface area (TPSA) is 99.8 Å². The molecule has 4 rings (SSSR count). The number of hydrogen-bond acceptors (Lipinski definition) is 5. The van der Waals surface area contributed by atoms with Gasteiger partial charge in [-0.25, -0.2) is 4.79 Å². The third kappa shape index (κ3) is 5.88. The highest BCUT2D eigenvalue weighted by molar-refractivity contribution is 6.31. The highest BCUT2D eigenvalue weighted by Crippen LogP contribution is 2.42. The molecule has 1 aromatic heterocycles. The Morgan fingerprint density at radius 1 is 1.11 bits per heavy atom. The van der Waals surface area contributed by atoms with Crippen molar-refractivity contribution < 1.29 is 28.8 Å². The number of carboxylic acid groups (broad SMARTS) is 1. The van der Waals surface area contributed by atoms with Crippen LogP contribution in [0.4, 0.5) is 5.69 Å². The van der Waals surface area contributed by atoms with Crippen LogP contribution < -0.4 is 9.88 Å². The van der Waals surface area contributed by atoms with E-state index < -0.39 is 11.5 Å². The maximum absolute atomic E-state index is 13.2. The number of amides is 1. The van der Waals surface area contributed by atoms with Gasteiger partial charge in [0, 0.05) is 23.2 Å². The first-order valence-corrected chi connectivity index (χ1v) is 12.4. The molecule has 1 unspecified atom stereocenters. The minimum Gasteiger partial charge on any atom is -0.478 e. The first-order valence-electron chi connectivity index (χ1n) is 12.0. The summed E-state index contributed by atoms with van der Waals surface area (Å²) in [5.41, 5.74) is 0.818. The number of ketones is 1. The van der Waals surface area contributed by atoms with E-state index in [-0.39, 0.29) is 30.7 Å². The van der Waals surface area contributed by atoms with E-state index in [1.165, 1.54) is 12.1 Å². The molecule has 1 amide bonds.